The Morgan fingerprint density at radius 2 is 1.88 bits per heavy atom. The molecule has 0 unspecified atom stereocenters. The summed E-state index contributed by atoms with van der Waals surface area (Å²) in [5, 5.41) is 13.8. The van der Waals surface area contributed by atoms with Crippen molar-refractivity contribution >= 4 is 51.8 Å². The van der Waals surface area contributed by atoms with Crippen LogP contribution in [0.4, 0.5) is 10.8 Å². The van der Waals surface area contributed by atoms with E-state index >= 15 is 0 Å². The van der Waals surface area contributed by atoms with E-state index in [1.54, 1.807) is 32.4 Å². The molecule has 166 valence electrons. The number of nitrogens with zero attached hydrogens (tertiary/aromatic N) is 2. The van der Waals surface area contributed by atoms with Crippen molar-refractivity contribution in [2.75, 3.05) is 30.6 Å². The Morgan fingerprint density at radius 3 is 2.62 bits per heavy atom. The number of benzene rings is 2. The summed E-state index contributed by atoms with van der Waals surface area (Å²) >= 11 is 2.46. The maximum atomic E-state index is 12.2. The molecule has 0 saturated heterocycles. The molecular weight excluding hydrogens is 448 g/mol. The van der Waals surface area contributed by atoms with E-state index in [1.807, 2.05) is 37.3 Å². The van der Waals surface area contributed by atoms with Gasteiger partial charge in [-0.3, -0.25) is 14.9 Å². The van der Waals surface area contributed by atoms with Crippen molar-refractivity contribution in [3.63, 3.8) is 0 Å². The van der Waals surface area contributed by atoms with Crippen LogP contribution in [0.1, 0.15) is 11.1 Å². The number of hydrogen-bond donors (Lipinski definition) is 2. The van der Waals surface area contributed by atoms with E-state index in [1.165, 1.54) is 29.2 Å². The highest BCUT2D eigenvalue weighted by Crippen LogP contribution is 2.28. The number of carbonyl (C=O) groups is 2. The minimum Gasteiger partial charge on any atom is -0.493 e. The van der Waals surface area contributed by atoms with Gasteiger partial charge < -0.3 is 14.8 Å². The van der Waals surface area contributed by atoms with Crippen molar-refractivity contribution < 1.29 is 19.1 Å². The average Bonchev–Trinajstić information content (AvgIpc) is 3.23. The lowest BCUT2D eigenvalue weighted by molar-refractivity contribution is -0.114. The minimum atomic E-state index is -0.343. The molecule has 0 bridgehead atoms. The van der Waals surface area contributed by atoms with Gasteiger partial charge in [-0.25, -0.2) is 0 Å². The Hall–Kier alpha value is -3.37. The number of carbonyl (C=O) groups excluding carboxylic acids is 2. The van der Waals surface area contributed by atoms with Gasteiger partial charge in [0.15, 0.2) is 15.8 Å². The molecule has 2 amide bonds. The lowest BCUT2D eigenvalue weighted by Gasteiger charge is -2.07. The molecular formula is C22H22N4O4S2. The van der Waals surface area contributed by atoms with Crippen molar-refractivity contribution in [1.29, 1.82) is 0 Å². The van der Waals surface area contributed by atoms with Gasteiger partial charge in [0, 0.05) is 11.8 Å². The molecule has 0 aliphatic carbocycles. The Labute approximate surface area is 194 Å². The fourth-order valence-corrected chi connectivity index (χ4v) is 4.20. The summed E-state index contributed by atoms with van der Waals surface area (Å²) in [5.41, 5.74) is 2.60. The second kappa shape index (κ2) is 11.3. The smallest absolute Gasteiger partial charge is 0.250 e. The van der Waals surface area contributed by atoms with Crippen LogP contribution in [-0.2, 0) is 9.59 Å². The van der Waals surface area contributed by atoms with Gasteiger partial charge in [0.05, 0.1) is 20.0 Å². The van der Waals surface area contributed by atoms with E-state index in [-0.39, 0.29) is 17.6 Å². The normalized spacial score (nSPS) is 10.7. The minimum absolute atomic E-state index is 0.140. The molecule has 0 saturated carbocycles. The molecule has 8 nitrogen and oxygen atoms in total. The summed E-state index contributed by atoms with van der Waals surface area (Å²) in [7, 11) is 3.11. The standard InChI is InChI=1S/C22H22N4O4S2/c1-14-5-4-6-16(11-14)23-20(28)13-31-22-26-25-21(32-22)24-19(27)10-8-15-7-9-17(29-2)18(12-15)30-3/h4-12H,13H2,1-3H3,(H,23,28)(H,24,25,27)/b10-8+. The largest absolute Gasteiger partial charge is 0.493 e. The quantitative estimate of drug-likeness (QED) is 0.274. The van der Waals surface area contributed by atoms with Crippen LogP contribution >= 0.6 is 23.1 Å². The number of nitrogens with one attached hydrogen (secondary N) is 2. The molecule has 32 heavy (non-hydrogen) atoms. The number of aryl methyl sites for hydroxylation is 1. The zero-order chi connectivity index (χ0) is 22.9. The first kappa shape index (κ1) is 23.3. The van der Waals surface area contributed by atoms with Crippen LogP contribution in [0.3, 0.4) is 0 Å². The predicted octanol–water partition coefficient (Wildman–Crippen LogP) is 4.25. The maximum absolute atomic E-state index is 12.2. The molecule has 1 heterocycles. The Morgan fingerprint density at radius 1 is 1.06 bits per heavy atom. The zero-order valence-electron chi connectivity index (χ0n) is 17.7. The highest BCUT2D eigenvalue weighted by molar-refractivity contribution is 8.01. The molecule has 3 rings (SSSR count). The molecule has 2 N–H and O–H groups in total. The number of thioether (sulfide) groups is 1. The summed E-state index contributed by atoms with van der Waals surface area (Å²) in [6, 6.07) is 12.9. The molecule has 1 aromatic heterocycles. The second-order valence-electron chi connectivity index (χ2n) is 6.52. The summed E-state index contributed by atoms with van der Waals surface area (Å²) in [4.78, 5) is 24.3. The van der Waals surface area contributed by atoms with Gasteiger partial charge in [0.1, 0.15) is 0 Å². The van der Waals surface area contributed by atoms with Crippen molar-refractivity contribution in [1.82, 2.24) is 10.2 Å². The third kappa shape index (κ3) is 6.82. The van der Waals surface area contributed by atoms with E-state index < -0.39 is 0 Å². The van der Waals surface area contributed by atoms with Gasteiger partial charge in [-0.05, 0) is 48.4 Å². The van der Waals surface area contributed by atoms with E-state index in [9.17, 15) is 9.59 Å². The number of rotatable bonds is 9. The number of aromatic nitrogens is 2. The van der Waals surface area contributed by atoms with E-state index in [0.717, 1.165) is 16.8 Å². The first-order valence-electron chi connectivity index (χ1n) is 9.50. The van der Waals surface area contributed by atoms with Crippen LogP contribution in [-0.4, -0.2) is 42.0 Å². The number of anilines is 2. The highest BCUT2D eigenvalue weighted by Gasteiger charge is 2.10. The average molecular weight is 471 g/mol. The predicted molar refractivity (Wildman–Crippen MR) is 128 cm³/mol. The highest BCUT2D eigenvalue weighted by atomic mass is 32.2. The fraction of sp³-hybridized carbons (Fsp3) is 0.182. The lowest BCUT2D eigenvalue weighted by Crippen LogP contribution is -2.13. The number of ether oxygens (including phenoxy) is 2. The van der Waals surface area contributed by atoms with Crippen molar-refractivity contribution in [3.8, 4) is 11.5 Å². The van der Waals surface area contributed by atoms with E-state index in [4.69, 9.17) is 9.47 Å². The zero-order valence-corrected chi connectivity index (χ0v) is 19.4. The SMILES string of the molecule is COc1ccc(/C=C/C(=O)Nc2nnc(SCC(=O)Nc3cccc(C)c3)s2)cc1OC. The fourth-order valence-electron chi connectivity index (χ4n) is 2.64. The van der Waals surface area contributed by atoms with Gasteiger partial charge >= 0.3 is 0 Å². The topological polar surface area (TPSA) is 102 Å². The third-order valence-electron chi connectivity index (χ3n) is 4.10. The number of amides is 2. The van der Waals surface area contributed by atoms with Crippen molar-refractivity contribution in [3.05, 3.63) is 59.7 Å². The van der Waals surface area contributed by atoms with E-state index in [2.05, 4.69) is 20.8 Å². The summed E-state index contributed by atoms with van der Waals surface area (Å²) in [6.07, 6.45) is 3.05. The summed E-state index contributed by atoms with van der Waals surface area (Å²) in [6.45, 7) is 1.96. The van der Waals surface area contributed by atoms with Gasteiger partial charge in [-0.1, -0.05) is 41.3 Å². The Kier molecular flexibility index (Phi) is 8.23. The number of methoxy groups -OCH3 is 2. The monoisotopic (exact) mass is 470 g/mol. The molecule has 0 fully saturated rings. The number of hydrogen-bond acceptors (Lipinski definition) is 8. The van der Waals surface area contributed by atoms with E-state index in [0.29, 0.717) is 21.0 Å². The molecule has 3 aromatic rings. The van der Waals surface area contributed by atoms with Gasteiger partial charge in [-0.15, -0.1) is 10.2 Å². The van der Waals surface area contributed by atoms with Crippen LogP contribution < -0.4 is 20.1 Å². The first-order chi connectivity index (χ1) is 15.5. The second-order valence-corrected chi connectivity index (χ2v) is 8.72. The Bertz CT molecular complexity index is 1130. The van der Waals surface area contributed by atoms with Crippen molar-refractivity contribution in [2.45, 2.75) is 11.3 Å². The molecule has 2 aromatic carbocycles. The molecule has 10 heteroatoms. The molecule has 0 spiro atoms. The van der Waals surface area contributed by atoms with Gasteiger partial charge in [-0.2, -0.15) is 0 Å². The lowest BCUT2D eigenvalue weighted by atomic mass is 10.2. The van der Waals surface area contributed by atoms with Gasteiger partial charge in [0.25, 0.3) is 0 Å². The molecule has 0 atom stereocenters. The maximum Gasteiger partial charge on any atom is 0.250 e. The van der Waals surface area contributed by atoms with Crippen molar-refractivity contribution in [2.24, 2.45) is 0 Å². The van der Waals surface area contributed by atoms with Gasteiger partial charge in [0.2, 0.25) is 16.9 Å². The Balaban J connectivity index is 1.49. The molecule has 0 aliphatic rings. The van der Waals surface area contributed by atoms with Crippen LogP contribution in [0.2, 0.25) is 0 Å². The van der Waals surface area contributed by atoms with Crippen LogP contribution in [0, 0.1) is 6.92 Å². The molecule has 0 aliphatic heterocycles. The van der Waals surface area contributed by atoms with Crippen LogP contribution in [0.15, 0.2) is 52.9 Å². The third-order valence-corrected chi connectivity index (χ3v) is 6.07. The summed E-state index contributed by atoms with van der Waals surface area (Å²) in [5.74, 6) is 0.896. The van der Waals surface area contributed by atoms with Crippen LogP contribution in [0.25, 0.3) is 6.08 Å². The molecule has 0 radical (unpaired) electrons. The summed E-state index contributed by atoms with van der Waals surface area (Å²) < 4.78 is 11.0. The first-order valence-corrected chi connectivity index (χ1v) is 11.3. The van der Waals surface area contributed by atoms with Crippen LogP contribution in [0.5, 0.6) is 11.5 Å².